The van der Waals surface area contributed by atoms with E-state index in [4.69, 9.17) is 11.5 Å². The lowest BCUT2D eigenvalue weighted by molar-refractivity contribution is 0.404. The highest BCUT2D eigenvalue weighted by Crippen LogP contribution is 2.24. The van der Waals surface area contributed by atoms with Crippen LogP contribution in [-0.4, -0.2) is 25.7 Å². The van der Waals surface area contributed by atoms with Crippen molar-refractivity contribution in [3.05, 3.63) is 0 Å². The smallest absolute Gasteiger partial charge is 0.0107 e. The van der Waals surface area contributed by atoms with Gasteiger partial charge in [-0.25, -0.2) is 0 Å². The molecule has 0 amide bonds. The van der Waals surface area contributed by atoms with Crippen LogP contribution in [0, 0.1) is 5.92 Å². The Balaban J connectivity index is 2.06. The second-order valence-electron chi connectivity index (χ2n) is 3.98. The fraction of sp³-hybridized carbons (Fsp3) is 1.00. The van der Waals surface area contributed by atoms with Gasteiger partial charge >= 0.3 is 0 Å². The van der Waals surface area contributed by atoms with Crippen molar-refractivity contribution in [2.45, 2.75) is 38.1 Å². The van der Waals surface area contributed by atoms with Gasteiger partial charge < -0.3 is 16.8 Å². The van der Waals surface area contributed by atoms with Crippen molar-refractivity contribution < 1.29 is 0 Å². The van der Waals surface area contributed by atoms with Gasteiger partial charge in [0.25, 0.3) is 0 Å². The molecule has 1 rings (SSSR count). The van der Waals surface area contributed by atoms with Gasteiger partial charge in [-0.05, 0) is 51.2 Å². The summed E-state index contributed by atoms with van der Waals surface area (Å²) < 4.78 is 0. The zero-order valence-corrected chi connectivity index (χ0v) is 8.47. The molecular formula is C10H23N3. The maximum Gasteiger partial charge on any atom is 0.0107 e. The highest BCUT2D eigenvalue weighted by molar-refractivity contribution is 4.83. The van der Waals surface area contributed by atoms with Crippen LogP contribution in [0.15, 0.2) is 0 Å². The average Bonchev–Trinajstić information content (AvgIpc) is 2.60. The molecule has 2 atom stereocenters. The first-order valence-corrected chi connectivity index (χ1v) is 5.52. The van der Waals surface area contributed by atoms with Crippen LogP contribution >= 0.6 is 0 Å². The first kappa shape index (κ1) is 11.0. The van der Waals surface area contributed by atoms with E-state index < -0.39 is 0 Å². The summed E-state index contributed by atoms with van der Waals surface area (Å²) >= 11 is 0. The lowest BCUT2D eigenvalue weighted by Crippen LogP contribution is -2.36. The Labute approximate surface area is 81.2 Å². The van der Waals surface area contributed by atoms with Gasteiger partial charge in [0.15, 0.2) is 0 Å². The maximum absolute atomic E-state index is 5.69. The van der Waals surface area contributed by atoms with E-state index in [-0.39, 0.29) is 0 Å². The topological polar surface area (TPSA) is 64.1 Å². The molecule has 13 heavy (non-hydrogen) atoms. The Bertz CT molecular complexity index is 127. The van der Waals surface area contributed by atoms with Gasteiger partial charge in [0, 0.05) is 6.04 Å². The molecule has 0 heterocycles. The molecule has 0 bridgehead atoms. The molecule has 1 saturated carbocycles. The predicted molar refractivity (Wildman–Crippen MR) is 56.5 cm³/mol. The van der Waals surface area contributed by atoms with Gasteiger partial charge in [0.2, 0.25) is 0 Å². The molecule has 0 radical (unpaired) electrons. The zero-order valence-electron chi connectivity index (χ0n) is 8.47. The van der Waals surface area contributed by atoms with Crippen molar-refractivity contribution in [3.8, 4) is 0 Å². The Kier molecular flexibility index (Phi) is 5.35. The summed E-state index contributed by atoms with van der Waals surface area (Å²) in [6, 6.07) is 0.683. The molecule has 1 aliphatic rings. The first-order valence-electron chi connectivity index (χ1n) is 5.52. The van der Waals surface area contributed by atoms with Crippen molar-refractivity contribution in [1.82, 2.24) is 5.32 Å². The van der Waals surface area contributed by atoms with E-state index in [1.165, 1.54) is 25.7 Å². The molecule has 3 nitrogen and oxygen atoms in total. The van der Waals surface area contributed by atoms with Crippen LogP contribution in [0.4, 0.5) is 0 Å². The minimum Gasteiger partial charge on any atom is -0.330 e. The van der Waals surface area contributed by atoms with Crippen LogP contribution in [0.3, 0.4) is 0 Å². The van der Waals surface area contributed by atoms with Gasteiger partial charge in [-0.2, -0.15) is 0 Å². The van der Waals surface area contributed by atoms with Crippen molar-refractivity contribution >= 4 is 0 Å². The van der Waals surface area contributed by atoms with Crippen LogP contribution in [0.2, 0.25) is 0 Å². The zero-order chi connectivity index (χ0) is 9.52. The summed E-state index contributed by atoms with van der Waals surface area (Å²) in [7, 11) is 0. The molecule has 0 aromatic carbocycles. The first-order chi connectivity index (χ1) is 6.38. The summed E-state index contributed by atoms with van der Waals surface area (Å²) in [5.74, 6) is 0.720. The lowest BCUT2D eigenvalue weighted by Gasteiger charge is -2.19. The van der Waals surface area contributed by atoms with E-state index in [1.807, 2.05) is 0 Å². The number of nitrogens with one attached hydrogen (secondary N) is 1. The van der Waals surface area contributed by atoms with Gasteiger partial charge in [0.05, 0.1) is 0 Å². The van der Waals surface area contributed by atoms with Crippen molar-refractivity contribution in [2.24, 2.45) is 17.4 Å². The molecule has 1 aliphatic carbocycles. The average molecular weight is 185 g/mol. The van der Waals surface area contributed by atoms with E-state index in [0.29, 0.717) is 6.04 Å². The van der Waals surface area contributed by atoms with Gasteiger partial charge in [-0.3, -0.25) is 0 Å². The van der Waals surface area contributed by atoms with Crippen molar-refractivity contribution in [2.75, 3.05) is 19.6 Å². The maximum atomic E-state index is 5.69. The summed E-state index contributed by atoms with van der Waals surface area (Å²) in [5.41, 5.74) is 11.1. The Morgan fingerprint density at radius 1 is 1.15 bits per heavy atom. The number of rotatable bonds is 6. The van der Waals surface area contributed by atoms with Crippen LogP contribution in [0.25, 0.3) is 0 Å². The van der Waals surface area contributed by atoms with Gasteiger partial charge in [-0.15, -0.1) is 0 Å². The SMILES string of the molecule is NCCCCNC1CCCC1CN. The molecule has 0 aromatic rings. The molecule has 3 heteroatoms. The summed E-state index contributed by atoms with van der Waals surface area (Å²) in [6.45, 7) is 2.76. The third-order valence-corrected chi connectivity index (χ3v) is 3.00. The van der Waals surface area contributed by atoms with Crippen molar-refractivity contribution in [1.29, 1.82) is 0 Å². The quantitative estimate of drug-likeness (QED) is 0.526. The normalized spacial score (nSPS) is 28.2. The van der Waals surface area contributed by atoms with E-state index >= 15 is 0 Å². The van der Waals surface area contributed by atoms with Crippen LogP contribution in [-0.2, 0) is 0 Å². The molecule has 0 aliphatic heterocycles. The van der Waals surface area contributed by atoms with Gasteiger partial charge in [0.1, 0.15) is 0 Å². The summed E-state index contributed by atoms with van der Waals surface area (Å²) in [6.07, 6.45) is 6.29. The third-order valence-electron chi connectivity index (χ3n) is 3.00. The Morgan fingerprint density at radius 2 is 2.00 bits per heavy atom. The number of nitrogens with two attached hydrogens (primary N) is 2. The molecule has 0 aromatic heterocycles. The van der Waals surface area contributed by atoms with Crippen molar-refractivity contribution in [3.63, 3.8) is 0 Å². The monoisotopic (exact) mass is 185 g/mol. The second kappa shape index (κ2) is 6.35. The minimum absolute atomic E-state index is 0.683. The molecule has 5 N–H and O–H groups in total. The molecule has 2 unspecified atom stereocenters. The Morgan fingerprint density at radius 3 is 2.69 bits per heavy atom. The highest BCUT2D eigenvalue weighted by Gasteiger charge is 2.24. The minimum atomic E-state index is 0.683. The van der Waals surface area contributed by atoms with Crippen LogP contribution < -0.4 is 16.8 Å². The fourth-order valence-corrected chi connectivity index (χ4v) is 2.14. The van der Waals surface area contributed by atoms with E-state index in [9.17, 15) is 0 Å². The Hall–Kier alpha value is -0.120. The number of hydrogen-bond acceptors (Lipinski definition) is 3. The number of unbranched alkanes of at least 4 members (excludes halogenated alkanes) is 1. The predicted octanol–water partition coefficient (Wildman–Crippen LogP) is 0.442. The molecule has 0 spiro atoms. The van der Waals surface area contributed by atoms with E-state index in [2.05, 4.69) is 5.32 Å². The summed E-state index contributed by atoms with van der Waals surface area (Å²) in [4.78, 5) is 0. The fourth-order valence-electron chi connectivity index (χ4n) is 2.14. The van der Waals surface area contributed by atoms with E-state index in [1.54, 1.807) is 0 Å². The lowest BCUT2D eigenvalue weighted by atomic mass is 10.0. The molecule has 78 valence electrons. The largest absolute Gasteiger partial charge is 0.330 e. The standard InChI is InChI=1S/C10H23N3/c11-6-1-2-7-13-10-5-3-4-9(10)8-12/h9-10,13H,1-8,11-12H2. The highest BCUT2D eigenvalue weighted by atomic mass is 14.9. The second-order valence-corrected chi connectivity index (χ2v) is 3.98. The molecular weight excluding hydrogens is 162 g/mol. The van der Waals surface area contributed by atoms with Crippen LogP contribution in [0.5, 0.6) is 0 Å². The van der Waals surface area contributed by atoms with E-state index in [0.717, 1.165) is 32.0 Å². The van der Waals surface area contributed by atoms with Gasteiger partial charge in [-0.1, -0.05) is 6.42 Å². The molecule has 1 fully saturated rings. The third kappa shape index (κ3) is 3.63. The number of hydrogen-bond donors (Lipinski definition) is 3. The van der Waals surface area contributed by atoms with Crippen LogP contribution in [0.1, 0.15) is 32.1 Å². The molecule has 0 saturated heterocycles. The summed E-state index contributed by atoms with van der Waals surface area (Å²) in [5, 5.41) is 3.58.